The van der Waals surface area contributed by atoms with Gasteiger partial charge in [0.2, 0.25) is 0 Å². The minimum atomic E-state index is 0.778. The highest BCUT2D eigenvalue weighted by Crippen LogP contribution is 2.26. The van der Waals surface area contributed by atoms with E-state index in [-0.39, 0.29) is 0 Å². The summed E-state index contributed by atoms with van der Waals surface area (Å²) in [4.78, 5) is 5.37. The molecule has 1 N–H and O–H groups in total. The van der Waals surface area contributed by atoms with Crippen LogP contribution in [0.2, 0.25) is 0 Å². The molecule has 3 nitrogen and oxygen atoms in total. The van der Waals surface area contributed by atoms with E-state index in [2.05, 4.69) is 15.8 Å². The van der Waals surface area contributed by atoms with Crippen molar-refractivity contribution in [2.24, 2.45) is 0 Å². The van der Waals surface area contributed by atoms with Gasteiger partial charge < -0.3 is 9.46 Å². The Morgan fingerprint density at radius 2 is 1.94 bits per heavy atom. The first kappa shape index (κ1) is 13.1. The summed E-state index contributed by atoms with van der Waals surface area (Å²) >= 11 is 3.20. The van der Waals surface area contributed by atoms with Crippen molar-refractivity contribution in [3.05, 3.63) is 42.6 Å². The molecule has 0 saturated carbocycles. The topological polar surface area (TPSA) is 34.1 Å². The quantitative estimate of drug-likeness (QED) is 0.652. The first-order valence-electron chi connectivity index (χ1n) is 5.39. The molecule has 1 aromatic carbocycles. The average Bonchev–Trinajstić information content (AvgIpc) is 2.40. The smallest absolute Gasteiger partial charge is 0.139 e. The molecule has 1 aromatic heterocycles. The van der Waals surface area contributed by atoms with Crippen LogP contribution >= 0.6 is 23.7 Å². The molecule has 1 heterocycles. The highest BCUT2D eigenvalue weighted by atomic mass is 32.2. The summed E-state index contributed by atoms with van der Waals surface area (Å²) in [5.41, 5.74) is 0. The SMILES string of the molecule is CSNc1cc(Oc2cccc(SC)c2)ccn1. The van der Waals surface area contributed by atoms with Gasteiger partial charge in [-0.1, -0.05) is 18.0 Å². The molecular weight excluding hydrogens is 264 g/mol. The van der Waals surface area contributed by atoms with Gasteiger partial charge in [0, 0.05) is 23.4 Å². The molecule has 0 aliphatic rings. The van der Waals surface area contributed by atoms with Crippen LogP contribution in [0, 0.1) is 0 Å². The number of benzene rings is 1. The van der Waals surface area contributed by atoms with Crippen molar-refractivity contribution in [2.45, 2.75) is 4.90 Å². The maximum atomic E-state index is 5.81. The van der Waals surface area contributed by atoms with E-state index in [1.807, 2.05) is 42.8 Å². The zero-order chi connectivity index (χ0) is 12.8. The van der Waals surface area contributed by atoms with E-state index in [1.54, 1.807) is 18.0 Å². The fourth-order valence-electron chi connectivity index (χ4n) is 1.44. The third kappa shape index (κ3) is 3.58. The molecule has 94 valence electrons. The van der Waals surface area contributed by atoms with Gasteiger partial charge in [-0.15, -0.1) is 11.8 Å². The summed E-state index contributed by atoms with van der Waals surface area (Å²) in [6.07, 6.45) is 5.73. The van der Waals surface area contributed by atoms with Crippen molar-refractivity contribution in [2.75, 3.05) is 17.2 Å². The maximum absolute atomic E-state index is 5.81. The van der Waals surface area contributed by atoms with Crippen molar-refractivity contribution < 1.29 is 4.74 Å². The van der Waals surface area contributed by atoms with Crippen LogP contribution < -0.4 is 9.46 Å². The number of nitrogens with zero attached hydrogens (tertiary/aromatic N) is 1. The molecule has 0 fully saturated rings. The number of anilines is 1. The normalized spacial score (nSPS) is 10.1. The monoisotopic (exact) mass is 278 g/mol. The first-order valence-corrected chi connectivity index (χ1v) is 7.84. The Kier molecular flexibility index (Phi) is 4.78. The summed E-state index contributed by atoms with van der Waals surface area (Å²) in [6.45, 7) is 0. The Bertz CT molecular complexity index is 520. The molecule has 2 rings (SSSR count). The molecule has 0 atom stereocenters. The largest absolute Gasteiger partial charge is 0.457 e. The fourth-order valence-corrected chi connectivity index (χ4v) is 2.21. The third-order valence-corrected chi connectivity index (χ3v) is 3.35. The number of rotatable bonds is 5. The second-order valence-electron chi connectivity index (χ2n) is 3.46. The van der Waals surface area contributed by atoms with Gasteiger partial charge in [0.05, 0.1) is 0 Å². The molecule has 0 radical (unpaired) electrons. The van der Waals surface area contributed by atoms with E-state index >= 15 is 0 Å². The molecule has 0 aliphatic heterocycles. The first-order chi connectivity index (χ1) is 8.81. The molecular formula is C13H14N2OS2. The zero-order valence-electron chi connectivity index (χ0n) is 10.2. The van der Waals surface area contributed by atoms with Crippen molar-refractivity contribution in [3.63, 3.8) is 0 Å². The molecule has 0 unspecified atom stereocenters. The highest BCUT2D eigenvalue weighted by molar-refractivity contribution is 7.99. The van der Waals surface area contributed by atoms with Gasteiger partial charge >= 0.3 is 0 Å². The Morgan fingerprint density at radius 3 is 2.72 bits per heavy atom. The number of ether oxygens (including phenoxy) is 1. The molecule has 0 aliphatic carbocycles. The molecule has 0 spiro atoms. The molecule has 0 saturated heterocycles. The Balaban J connectivity index is 2.14. The van der Waals surface area contributed by atoms with Crippen LogP contribution in [0.3, 0.4) is 0 Å². The van der Waals surface area contributed by atoms with E-state index in [4.69, 9.17) is 4.74 Å². The number of thioether (sulfide) groups is 1. The minimum Gasteiger partial charge on any atom is -0.457 e. The van der Waals surface area contributed by atoms with Crippen molar-refractivity contribution in [1.82, 2.24) is 4.98 Å². The van der Waals surface area contributed by atoms with Gasteiger partial charge in [0.15, 0.2) is 0 Å². The molecule has 0 amide bonds. The summed E-state index contributed by atoms with van der Waals surface area (Å²) in [7, 11) is 0. The zero-order valence-corrected chi connectivity index (χ0v) is 11.8. The van der Waals surface area contributed by atoms with Crippen LogP contribution in [0.1, 0.15) is 0 Å². The van der Waals surface area contributed by atoms with Crippen molar-refractivity contribution in [3.8, 4) is 11.5 Å². The van der Waals surface area contributed by atoms with Crippen molar-refractivity contribution in [1.29, 1.82) is 0 Å². The van der Waals surface area contributed by atoms with E-state index in [1.165, 1.54) is 16.8 Å². The highest BCUT2D eigenvalue weighted by Gasteiger charge is 2.00. The molecule has 5 heteroatoms. The molecule has 0 bridgehead atoms. The second kappa shape index (κ2) is 6.56. The van der Waals surface area contributed by atoms with Crippen LogP contribution in [0.4, 0.5) is 5.82 Å². The third-order valence-electron chi connectivity index (χ3n) is 2.21. The number of aromatic nitrogens is 1. The average molecular weight is 278 g/mol. The van der Waals surface area contributed by atoms with E-state index < -0.39 is 0 Å². The lowest BCUT2D eigenvalue weighted by Crippen LogP contribution is -1.90. The van der Waals surface area contributed by atoms with Crippen LogP contribution in [-0.4, -0.2) is 17.5 Å². The molecule has 2 aromatic rings. The van der Waals surface area contributed by atoms with Gasteiger partial charge in [-0.25, -0.2) is 4.98 Å². The van der Waals surface area contributed by atoms with Crippen LogP contribution in [0.15, 0.2) is 47.5 Å². The van der Waals surface area contributed by atoms with Gasteiger partial charge in [-0.05, 0) is 30.5 Å². The van der Waals surface area contributed by atoms with Gasteiger partial charge in [-0.3, -0.25) is 0 Å². The van der Waals surface area contributed by atoms with Gasteiger partial charge in [0.25, 0.3) is 0 Å². The standard InChI is InChI=1S/C13H14N2OS2/c1-17-12-5-3-4-10(8-12)16-11-6-7-14-13(9-11)15-18-2/h3-9H,1-2H3,(H,14,15). The summed E-state index contributed by atoms with van der Waals surface area (Å²) in [5.74, 6) is 2.41. The number of hydrogen-bond donors (Lipinski definition) is 1. The van der Waals surface area contributed by atoms with Gasteiger partial charge in [0.1, 0.15) is 17.3 Å². The Hall–Kier alpha value is -1.33. The van der Waals surface area contributed by atoms with Crippen LogP contribution in [0.25, 0.3) is 0 Å². The fraction of sp³-hybridized carbons (Fsp3) is 0.154. The van der Waals surface area contributed by atoms with E-state index in [9.17, 15) is 0 Å². The van der Waals surface area contributed by atoms with E-state index in [0.29, 0.717) is 0 Å². The van der Waals surface area contributed by atoms with Crippen LogP contribution in [0.5, 0.6) is 11.5 Å². The molecule has 18 heavy (non-hydrogen) atoms. The lowest BCUT2D eigenvalue weighted by molar-refractivity contribution is 0.481. The number of pyridine rings is 1. The summed E-state index contributed by atoms with van der Waals surface area (Å²) in [6, 6.07) is 11.7. The van der Waals surface area contributed by atoms with Crippen molar-refractivity contribution >= 4 is 29.5 Å². The summed E-state index contributed by atoms with van der Waals surface area (Å²) in [5, 5.41) is 0. The number of hydrogen-bond acceptors (Lipinski definition) is 5. The summed E-state index contributed by atoms with van der Waals surface area (Å²) < 4.78 is 8.88. The predicted molar refractivity (Wildman–Crippen MR) is 79.7 cm³/mol. The minimum absolute atomic E-state index is 0.778. The second-order valence-corrected chi connectivity index (χ2v) is 4.96. The Labute approximate surface area is 115 Å². The van der Waals surface area contributed by atoms with Crippen LogP contribution in [-0.2, 0) is 0 Å². The lowest BCUT2D eigenvalue weighted by Gasteiger charge is -2.08. The van der Waals surface area contributed by atoms with Gasteiger partial charge in [-0.2, -0.15) is 0 Å². The maximum Gasteiger partial charge on any atom is 0.139 e. The number of nitrogens with one attached hydrogen (secondary N) is 1. The lowest BCUT2D eigenvalue weighted by atomic mass is 10.3. The van der Waals surface area contributed by atoms with E-state index in [0.717, 1.165) is 17.3 Å². The predicted octanol–water partition coefficient (Wildman–Crippen LogP) is 4.29. The Morgan fingerprint density at radius 1 is 1.11 bits per heavy atom.